The first-order valence-electron chi connectivity index (χ1n) is 8.30. The first-order chi connectivity index (χ1) is 12.6. The number of carbonyl (C=O) groups excluding carboxylic acids is 1. The van der Waals surface area contributed by atoms with Crippen LogP contribution in [0.5, 0.6) is 5.75 Å². The second kappa shape index (κ2) is 7.88. The molecule has 26 heavy (non-hydrogen) atoms. The van der Waals surface area contributed by atoms with Crippen LogP contribution in [0.1, 0.15) is 23.3 Å². The van der Waals surface area contributed by atoms with Gasteiger partial charge < -0.3 is 20.3 Å². The van der Waals surface area contributed by atoms with Crippen LogP contribution in [0, 0.1) is 0 Å². The molecule has 0 bridgehead atoms. The Morgan fingerprint density at radius 3 is 2.62 bits per heavy atom. The molecule has 7 heteroatoms. The maximum atomic E-state index is 11.6. The van der Waals surface area contributed by atoms with E-state index in [9.17, 15) is 4.79 Å². The van der Waals surface area contributed by atoms with Crippen LogP contribution in [0.3, 0.4) is 0 Å². The van der Waals surface area contributed by atoms with E-state index in [0.717, 1.165) is 35.6 Å². The molecule has 1 aliphatic carbocycles. The van der Waals surface area contributed by atoms with Crippen LogP contribution in [0.15, 0.2) is 48.2 Å². The van der Waals surface area contributed by atoms with Crippen LogP contribution in [-0.2, 0) is 4.74 Å². The molecule has 1 heterocycles. The molecule has 1 aliphatic rings. The monoisotopic (exact) mass is 355 g/mol. The van der Waals surface area contributed by atoms with Gasteiger partial charge in [0, 0.05) is 17.7 Å². The normalized spacial score (nSPS) is 13.8. The Kier molecular flexibility index (Phi) is 5.38. The third kappa shape index (κ3) is 3.78. The lowest BCUT2D eigenvalue weighted by Gasteiger charge is -2.16. The highest BCUT2D eigenvalue weighted by atomic mass is 16.5. The SMILES string of the molecule is COC1=CC=C(n2nc(C(N)=O)cc2-c2ccc(OCCO)cc2)CC1. The largest absolute Gasteiger partial charge is 0.501 e. The number of rotatable bonds is 7. The number of benzene rings is 1. The van der Waals surface area contributed by atoms with E-state index >= 15 is 0 Å². The van der Waals surface area contributed by atoms with Gasteiger partial charge in [-0.15, -0.1) is 0 Å². The molecule has 136 valence electrons. The minimum absolute atomic E-state index is 0.0401. The van der Waals surface area contributed by atoms with E-state index in [-0.39, 0.29) is 18.9 Å². The maximum absolute atomic E-state index is 11.6. The molecular formula is C19H21N3O4. The van der Waals surface area contributed by atoms with Gasteiger partial charge in [-0.25, -0.2) is 4.68 Å². The lowest BCUT2D eigenvalue weighted by Crippen LogP contribution is -2.13. The smallest absolute Gasteiger partial charge is 0.269 e. The van der Waals surface area contributed by atoms with Crippen molar-refractivity contribution in [3.63, 3.8) is 0 Å². The molecule has 0 fully saturated rings. The topological polar surface area (TPSA) is 99.6 Å². The number of methoxy groups -OCH3 is 1. The highest BCUT2D eigenvalue weighted by molar-refractivity contribution is 5.92. The van der Waals surface area contributed by atoms with E-state index in [1.54, 1.807) is 17.9 Å². The minimum atomic E-state index is -0.572. The zero-order valence-corrected chi connectivity index (χ0v) is 14.5. The number of primary amides is 1. The van der Waals surface area contributed by atoms with Crippen molar-refractivity contribution in [3.05, 3.63) is 53.9 Å². The van der Waals surface area contributed by atoms with Crippen molar-refractivity contribution in [2.75, 3.05) is 20.3 Å². The van der Waals surface area contributed by atoms with Gasteiger partial charge in [0.05, 0.1) is 25.2 Å². The summed E-state index contributed by atoms with van der Waals surface area (Å²) in [5, 5.41) is 13.2. The number of aromatic nitrogens is 2. The van der Waals surface area contributed by atoms with Crippen molar-refractivity contribution >= 4 is 11.6 Å². The van der Waals surface area contributed by atoms with Crippen molar-refractivity contribution in [3.8, 4) is 17.0 Å². The summed E-state index contributed by atoms with van der Waals surface area (Å²) in [7, 11) is 1.65. The molecule has 2 aromatic rings. The molecule has 0 unspecified atom stereocenters. The van der Waals surface area contributed by atoms with Crippen LogP contribution in [0.4, 0.5) is 0 Å². The van der Waals surface area contributed by atoms with E-state index < -0.39 is 5.91 Å². The fourth-order valence-electron chi connectivity index (χ4n) is 2.77. The molecule has 0 saturated carbocycles. The summed E-state index contributed by atoms with van der Waals surface area (Å²) >= 11 is 0. The summed E-state index contributed by atoms with van der Waals surface area (Å²) in [5.74, 6) is 0.994. The number of allylic oxidation sites excluding steroid dienone is 4. The van der Waals surface area contributed by atoms with Crippen molar-refractivity contribution in [1.82, 2.24) is 9.78 Å². The van der Waals surface area contributed by atoms with Gasteiger partial charge in [0.1, 0.15) is 12.4 Å². The molecule has 7 nitrogen and oxygen atoms in total. The summed E-state index contributed by atoms with van der Waals surface area (Å²) < 4.78 is 12.4. The van der Waals surface area contributed by atoms with E-state index in [1.807, 2.05) is 36.4 Å². The van der Waals surface area contributed by atoms with Gasteiger partial charge in [-0.3, -0.25) is 4.79 Å². The molecule has 0 spiro atoms. The standard InChI is InChI=1S/C19H21N3O4/c1-25-15-8-4-14(5-9-15)22-18(12-17(21-22)19(20)24)13-2-6-16(7-3-13)26-11-10-23/h2-4,6-8,12,23H,5,9-11H2,1H3,(H2,20,24). The Balaban J connectivity index is 1.97. The van der Waals surface area contributed by atoms with Crippen molar-refractivity contribution in [1.29, 1.82) is 0 Å². The Labute approximate surface area is 151 Å². The average molecular weight is 355 g/mol. The number of nitrogens with two attached hydrogens (primary N) is 1. The number of carbonyl (C=O) groups is 1. The summed E-state index contributed by atoms with van der Waals surface area (Å²) in [5.41, 5.74) is 8.23. The molecule has 3 rings (SSSR count). The number of ether oxygens (including phenoxy) is 2. The average Bonchev–Trinajstić information content (AvgIpc) is 3.12. The second-order valence-electron chi connectivity index (χ2n) is 5.78. The molecule has 0 saturated heterocycles. The summed E-state index contributed by atoms with van der Waals surface area (Å²) in [6.45, 7) is 0.200. The van der Waals surface area contributed by atoms with Gasteiger partial charge in [0.2, 0.25) is 0 Å². The molecule has 1 amide bonds. The quantitative estimate of drug-likeness (QED) is 0.793. The van der Waals surface area contributed by atoms with Crippen molar-refractivity contribution < 1.29 is 19.4 Å². The van der Waals surface area contributed by atoms with Crippen LogP contribution in [0.2, 0.25) is 0 Å². The highest BCUT2D eigenvalue weighted by Crippen LogP contribution is 2.29. The van der Waals surface area contributed by atoms with Gasteiger partial charge in [0.25, 0.3) is 5.91 Å². The van der Waals surface area contributed by atoms with Crippen LogP contribution in [0.25, 0.3) is 17.0 Å². The first kappa shape index (κ1) is 17.8. The molecule has 0 radical (unpaired) electrons. The molecule has 0 aliphatic heterocycles. The van der Waals surface area contributed by atoms with Crippen LogP contribution < -0.4 is 10.5 Å². The predicted molar refractivity (Wildman–Crippen MR) is 97.4 cm³/mol. The Morgan fingerprint density at radius 1 is 1.27 bits per heavy atom. The van der Waals surface area contributed by atoms with E-state index in [2.05, 4.69) is 5.10 Å². The Hall–Kier alpha value is -3.06. The van der Waals surface area contributed by atoms with E-state index in [0.29, 0.717) is 5.75 Å². The lowest BCUT2D eigenvalue weighted by molar-refractivity contribution is 0.0995. The van der Waals surface area contributed by atoms with Gasteiger partial charge in [-0.1, -0.05) is 0 Å². The zero-order chi connectivity index (χ0) is 18.5. The number of nitrogens with zero attached hydrogens (tertiary/aromatic N) is 2. The molecule has 1 aromatic carbocycles. The number of amides is 1. The third-order valence-corrected chi connectivity index (χ3v) is 4.10. The first-order valence-corrected chi connectivity index (χ1v) is 8.30. The van der Waals surface area contributed by atoms with Gasteiger partial charge in [-0.05, 0) is 48.9 Å². The third-order valence-electron chi connectivity index (χ3n) is 4.10. The molecular weight excluding hydrogens is 334 g/mol. The van der Waals surface area contributed by atoms with Crippen molar-refractivity contribution in [2.24, 2.45) is 5.73 Å². The van der Waals surface area contributed by atoms with Crippen molar-refractivity contribution in [2.45, 2.75) is 12.8 Å². The highest BCUT2D eigenvalue weighted by Gasteiger charge is 2.18. The van der Waals surface area contributed by atoms with Gasteiger partial charge >= 0.3 is 0 Å². The van der Waals surface area contributed by atoms with E-state index in [4.69, 9.17) is 20.3 Å². The summed E-state index contributed by atoms with van der Waals surface area (Å²) in [6.07, 6.45) is 5.34. The number of hydrogen-bond donors (Lipinski definition) is 2. The number of hydrogen-bond acceptors (Lipinski definition) is 5. The molecule has 0 atom stereocenters. The molecule has 3 N–H and O–H groups in total. The second-order valence-corrected chi connectivity index (χ2v) is 5.78. The summed E-state index contributed by atoms with van der Waals surface area (Å²) in [4.78, 5) is 11.6. The zero-order valence-electron chi connectivity index (χ0n) is 14.5. The fraction of sp³-hybridized carbons (Fsp3) is 0.263. The molecule has 1 aromatic heterocycles. The van der Waals surface area contributed by atoms with Crippen LogP contribution >= 0.6 is 0 Å². The lowest BCUT2D eigenvalue weighted by atomic mass is 10.1. The summed E-state index contributed by atoms with van der Waals surface area (Å²) in [6, 6.07) is 9.06. The minimum Gasteiger partial charge on any atom is -0.501 e. The Morgan fingerprint density at radius 2 is 2.04 bits per heavy atom. The number of aliphatic hydroxyl groups excluding tert-OH is 1. The Bertz CT molecular complexity index is 850. The fourth-order valence-corrected chi connectivity index (χ4v) is 2.77. The van der Waals surface area contributed by atoms with Crippen LogP contribution in [-0.4, -0.2) is 41.1 Å². The van der Waals surface area contributed by atoms with E-state index in [1.165, 1.54) is 0 Å². The van der Waals surface area contributed by atoms with Gasteiger partial charge in [-0.2, -0.15) is 5.10 Å². The van der Waals surface area contributed by atoms with Gasteiger partial charge in [0.15, 0.2) is 5.69 Å². The maximum Gasteiger partial charge on any atom is 0.269 e. The predicted octanol–water partition coefficient (Wildman–Crippen LogP) is 2.19. The number of aliphatic hydroxyl groups is 1.